The average Bonchev–Trinajstić information content (AvgIpc) is 2.69. The Morgan fingerprint density at radius 1 is 1.11 bits per heavy atom. The van der Waals surface area contributed by atoms with E-state index in [9.17, 15) is 13.2 Å². The van der Waals surface area contributed by atoms with Crippen LogP contribution < -0.4 is 10.2 Å². The van der Waals surface area contributed by atoms with Crippen molar-refractivity contribution in [1.29, 1.82) is 0 Å². The van der Waals surface area contributed by atoms with Gasteiger partial charge in [-0.2, -0.15) is 4.31 Å². The van der Waals surface area contributed by atoms with Crippen LogP contribution in [0, 0.1) is 0 Å². The molecule has 0 radical (unpaired) electrons. The van der Waals surface area contributed by atoms with E-state index in [1.54, 1.807) is 12.1 Å². The van der Waals surface area contributed by atoms with E-state index in [-0.39, 0.29) is 16.8 Å². The van der Waals surface area contributed by atoms with Gasteiger partial charge < -0.3 is 10.2 Å². The minimum Gasteiger partial charge on any atom is -0.345 e. The highest BCUT2D eigenvalue weighted by Crippen LogP contribution is 2.18. The molecule has 0 spiro atoms. The normalized spacial score (nSPS) is 17.2. The van der Waals surface area contributed by atoms with Crippen molar-refractivity contribution in [2.24, 2.45) is 0 Å². The van der Waals surface area contributed by atoms with Crippen molar-refractivity contribution in [3.63, 3.8) is 0 Å². The SMILES string of the molecule is C[C@H](NC(=O)C[NH+]1CCN(S(=O)(=O)c2ccc(Cl)cc2)CC1)c1ccccc1. The molecular formula is C20H25ClN3O3S+. The number of nitrogens with one attached hydrogen (secondary N) is 2. The van der Waals surface area contributed by atoms with E-state index < -0.39 is 10.0 Å². The first-order valence-electron chi connectivity index (χ1n) is 9.30. The predicted molar refractivity (Wildman–Crippen MR) is 109 cm³/mol. The van der Waals surface area contributed by atoms with Gasteiger partial charge in [-0.3, -0.25) is 4.79 Å². The second kappa shape index (κ2) is 9.05. The van der Waals surface area contributed by atoms with Gasteiger partial charge in [0.05, 0.1) is 37.1 Å². The van der Waals surface area contributed by atoms with Gasteiger partial charge in [-0.25, -0.2) is 8.42 Å². The molecule has 2 N–H and O–H groups in total. The van der Waals surface area contributed by atoms with Crippen molar-refractivity contribution in [3.05, 3.63) is 65.2 Å². The Hall–Kier alpha value is -1.93. The number of piperazine rings is 1. The quantitative estimate of drug-likeness (QED) is 0.732. The standard InChI is InChI=1S/C20H24ClN3O3S/c1-16(17-5-3-2-4-6-17)22-20(25)15-23-11-13-24(14-12-23)28(26,27)19-9-7-18(21)8-10-19/h2-10,16H,11-15H2,1H3,(H,22,25)/p+1/t16-/m0/s1. The molecule has 3 rings (SSSR count). The molecule has 8 heteroatoms. The molecule has 6 nitrogen and oxygen atoms in total. The van der Waals surface area contributed by atoms with Crippen LogP contribution in [0.25, 0.3) is 0 Å². The Balaban J connectivity index is 1.51. The molecule has 1 aliphatic heterocycles. The number of halogens is 1. The summed E-state index contributed by atoms with van der Waals surface area (Å²) >= 11 is 5.84. The lowest BCUT2D eigenvalue weighted by Gasteiger charge is -2.31. The van der Waals surface area contributed by atoms with Gasteiger partial charge in [0, 0.05) is 5.02 Å². The van der Waals surface area contributed by atoms with E-state index in [0.717, 1.165) is 10.5 Å². The Kier molecular flexibility index (Phi) is 6.72. The second-order valence-electron chi connectivity index (χ2n) is 6.98. The summed E-state index contributed by atoms with van der Waals surface area (Å²) in [7, 11) is -3.52. The van der Waals surface area contributed by atoms with Gasteiger partial charge in [0.15, 0.2) is 6.54 Å². The third-order valence-electron chi connectivity index (χ3n) is 4.97. The molecule has 1 amide bonds. The number of hydrogen-bond acceptors (Lipinski definition) is 3. The van der Waals surface area contributed by atoms with Gasteiger partial charge >= 0.3 is 0 Å². The zero-order valence-corrected chi connectivity index (χ0v) is 17.3. The largest absolute Gasteiger partial charge is 0.345 e. The number of sulfonamides is 1. The Morgan fingerprint density at radius 2 is 1.71 bits per heavy atom. The Bertz CT molecular complexity index is 896. The molecule has 2 aromatic rings. The summed E-state index contributed by atoms with van der Waals surface area (Å²) < 4.78 is 26.9. The van der Waals surface area contributed by atoms with E-state index >= 15 is 0 Å². The number of carbonyl (C=O) groups is 1. The van der Waals surface area contributed by atoms with E-state index in [4.69, 9.17) is 11.6 Å². The Labute approximate surface area is 171 Å². The minimum atomic E-state index is -3.52. The summed E-state index contributed by atoms with van der Waals surface area (Å²) in [6.07, 6.45) is 0. The molecule has 0 bridgehead atoms. The number of rotatable bonds is 6. The fourth-order valence-electron chi connectivity index (χ4n) is 3.32. The van der Waals surface area contributed by atoms with Crippen molar-refractivity contribution in [1.82, 2.24) is 9.62 Å². The van der Waals surface area contributed by atoms with Gasteiger partial charge in [-0.05, 0) is 36.8 Å². The molecule has 0 saturated carbocycles. The van der Waals surface area contributed by atoms with Gasteiger partial charge in [0.2, 0.25) is 10.0 Å². The number of hydrogen-bond donors (Lipinski definition) is 2. The number of quaternary nitrogens is 1. The van der Waals surface area contributed by atoms with Crippen LogP contribution in [0.1, 0.15) is 18.5 Å². The summed E-state index contributed by atoms with van der Waals surface area (Å²) in [4.78, 5) is 13.7. The third-order valence-corrected chi connectivity index (χ3v) is 7.13. The predicted octanol–water partition coefficient (Wildman–Crippen LogP) is 1.11. The van der Waals surface area contributed by atoms with Crippen LogP contribution in [0.4, 0.5) is 0 Å². The monoisotopic (exact) mass is 422 g/mol. The van der Waals surface area contributed by atoms with Crippen LogP contribution in [0.15, 0.2) is 59.5 Å². The topological polar surface area (TPSA) is 70.9 Å². The number of benzene rings is 2. The van der Waals surface area contributed by atoms with Crippen molar-refractivity contribution in [2.45, 2.75) is 17.9 Å². The van der Waals surface area contributed by atoms with Crippen LogP contribution in [0.3, 0.4) is 0 Å². The molecule has 2 aromatic carbocycles. The fraction of sp³-hybridized carbons (Fsp3) is 0.350. The smallest absolute Gasteiger partial charge is 0.275 e. The van der Waals surface area contributed by atoms with E-state index in [1.165, 1.54) is 16.4 Å². The van der Waals surface area contributed by atoms with Crippen LogP contribution in [0.5, 0.6) is 0 Å². The molecule has 0 unspecified atom stereocenters. The van der Waals surface area contributed by atoms with Gasteiger partial charge in [0.1, 0.15) is 0 Å². The molecule has 150 valence electrons. The van der Waals surface area contributed by atoms with Crippen molar-refractivity contribution in [2.75, 3.05) is 32.7 Å². The lowest BCUT2D eigenvalue weighted by Crippen LogP contribution is -3.15. The van der Waals surface area contributed by atoms with E-state index in [2.05, 4.69) is 5.32 Å². The maximum atomic E-state index is 12.7. The third kappa shape index (κ3) is 5.11. The number of carbonyl (C=O) groups excluding carboxylic acids is 1. The highest BCUT2D eigenvalue weighted by atomic mass is 35.5. The van der Waals surface area contributed by atoms with E-state index in [0.29, 0.717) is 37.7 Å². The highest BCUT2D eigenvalue weighted by molar-refractivity contribution is 7.89. The summed E-state index contributed by atoms with van der Waals surface area (Å²) in [5.41, 5.74) is 1.06. The van der Waals surface area contributed by atoms with Crippen molar-refractivity contribution >= 4 is 27.5 Å². The molecule has 1 fully saturated rings. The minimum absolute atomic E-state index is 0.0274. The number of nitrogens with zero attached hydrogens (tertiary/aromatic N) is 1. The van der Waals surface area contributed by atoms with Crippen LogP contribution in [0.2, 0.25) is 5.02 Å². The molecule has 28 heavy (non-hydrogen) atoms. The van der Waals surface area contributed by atoms with Crippen molar-refractivity contribution in [3.8, 4) is 0 Å². The first kappa shape index (κ1) is 20.8. The second-order valence-corrected chi connectivity index (χ2v) is 9.36. The molecule has 1 heterocycles. The maximum absolute atomic E-state index is 12.7. The lowest BCUT2D eigenvalue weighted by molar-refractivity contribution is -0.895. The van der Waals surface area contributed by atoms with E-state index in [1.807, 2.05) is 37.3 Å². The van der Waals surface area contributed by atoms with Gasteiger partial charge in [-0.15, -0.1) is 0 Å². The Morgan fingerprint density at radius 3 is 2.32 bits per heavy atom. The molecule has 0 aliphatic carbocycles. The van der Waals surface area contributed by atoms with Crippen molar-refractivity contribution < 1.29 is 18.1 Å². The fourth-order valence-corrected chi connectivity index (χ4v) is 4.89. The zero-order chi connectivity index (χ0) is 20.1. The maximum Gasteiger partial charge on any atom is 0.275 e. The number of amides is 1. The molecular weight excluding hydrogens is 398 g/mol. The highest BCUT2D eigenvalue weighted by Gasteiger charge is 2.31. The first-order chi connectivity index (χ1) is 13.4. The summed E-state index contributed by atoms with van der Waals surface area (Å²) in [5, 5.41) is 3.52. The lowest BCUT2D eigenvalue weighted by atomic mass is 10.1. The molecule has 0 aromatic heterocycles. The molecule has 1 aliphatic rings. The zero-order valence-electron chi connectivity index (χ0n) is 15.8. The average molecular weight is 423 g/mol. The van der Waals surface area contributed by atoms with Crippen LogP contribution in [-0.2, 0) is 14.8 Å². The summed E-state index contributed by atoms with van der Waals surface area (Å²) in [6, 6.07) is 16.0. The summed E-state index contributed by atoms with van der Waals surface area (Å²) in [5.74, 6) is -0.0274. The summed E-state index contributed by atoms with van der Waals surface area (Å²) in [6.45, 7) is 4.27. The molecule has 1 atom stereocenters. The van der Waals surface area contributed by atoms with Gasteiger partial charge in [-0.1, -0.05) is 41.9 Å². The van der Waals surface area contributed by atoms with Crippen LogP contribution >= 0.6 is 11.6 Å². The van der Waals surface area contributed by atoms with Gasteiger partial charge in [0.25, 0.3) is 5.91 Å². The van der Waals surface area contributed by atoms with Crippen LogP contribution in [-0.4, -0.2) is 51.4 Å². The first-order valence-corrected chi connectivity index (χ1v) is 11.1. The molecule has 1 saturated heterocycles.